The van der Waals surface area contributed by atoms with Gasteiger partial charge in [-0.1, -0.05) is 0 Å². The van der Waals surface area contributed by atoms with Crippen molar-refractivity contribution >= 4 is 17.3 Å². The van der Waals surface area contributed by atoms with Crippen molar-refractivity contribution < 1.29 is 19.3 Å². The highest BCUT2D eigenvalue weighted by atomic mass is 16.5. The second-order valence-electron chi connectivity index (χ2n) is 8.66. The molecule has 5 rings (SSSR count). The van der Waals surface area contributed by atoms with Gasteiger partial charge in [-0.2, -0.15) is 15.1 Å². The average molecular weight is 469 g/mol. The summed E-state index contributed by atoms with van der Waals surface area (Å²) in [5.41, 5.74) is 6.29. The van der Waals surface area contributed by atoms with E-state index in [0.29, 0.717) is 31.6 Å². The lowest BCUT2D eigenvalue weighted by Gasteiger charge is -2.28. The molecule has 10 heteroatoms. The molecule has 1 aliphatic carbocycles. The fourth-order valence-corrected chi connectivity index (χ4v) is 4.47. The van der Waals surface area contributed by atoms with Crippen LogP contribution in [-0.2, 0) is 15.9 Å². The van der Waals surface area contributed by atoms with Crippen molar-refractivity contribution in [2.24, 2.45) is 5.10 Å². The molecule has 2 fully saturated rings. The van der Waals surface area contributed by atoms with Crippen LogP contribution in [0.2, 0.25) is 0 Å². The summed E-state index contributed by atoms with van der Waals surface area (Å²) in [6, 6.07) is 7.72. The molecule has 0 spiro atoms. The first-order valence-electron chi connectivity index (χ1n) is 12.0. The first-order chi connectivity index (χ1) is 16.7. The van der Waals surface area contributed by atoms with Gasteiger partial charge in [-0.15, -0.1) is 0 Å². The zero-order chi connectivity index (χ0) is 23.2. The SMILES string of the molecule is Oc1ccc2c(c1)CCC/C2=N/Nc1cc(N2CCOCC2)nc(OCCN2CCOCC2)n1. The quantitative estimate of drug-likeness (QED) is 0.590. The molecule has 0 unspecified atom stereocenters. The van der Waals surface area contributed by atoms with E-state index in [0.717, 1.165) is 87.9 Å². The summed E-state index contributed by atoms with van der Waals surface area (Å²) in [7, 11) is 0. The Hall–Kier alpha value is -2.95. The number of hydrogen-bond donors (Lipinski definition) is 2. The highest BCUT2D eigenvalue weighted by Crippen LogP contribution is 2.26. The third kappa shape index (κ3) is 5.75. The van der Waals surface area contributed by atoms with Crippen molar-refractivity contribution in [3.8, 4) is 11.8 Å². The second kappa shape index (κ2) is 11.0. The highest BCUT2D eigenvalue weighted by molar-refractivity contribution is 6.03. The van der Waals surface area contributed by atoms with Gasteiger partial charge in [0.05, 0.1) is 32.1 Å². The first-order valence-corrected chi connectivity index (χ1v) is 12.0. The number of morpholine rings is 2. The van der Waals surface area contributed by atoms with E-state index in [-0.39, 0.29) is 5.75 Å². The van der Waals surface area contributed by atoms with Crippen LogP contribution in [-0.4, -0.2) is 91.4 Å². The van der Waals surface area contributed by atoms with E-state index < -0.39 is 0 Å². The Morgan fingerprint density at radius 1 is 1.00 bits per heavy atom. The van der Waals surface area contributed by atoms with Crippen LogP contribution in [0.5, 0.6) is 11.8 Å². The summed E-state index contributed by atoms with van der Waals surface area (Å²) in [6.07, 6.45) is 2.81. The number of nitrogens with zero attached hydrogens (tertiary/aromatic N) is 5. The molecule has 2 aliphatic heterocycles. The molecule has 10 nitrogen and oxygen atoms in total. The Bertz CT molecular complexity index is 1000. The van der Waals surface area contributed by atoms with Crippen molar-refractivity contribution in [2.75, 3.05) is 76.1 Å². The number of anilines is 2. The molecule has 1 aromatic carbocycles. The lowest BCUT2D eigenvalue weighted by atomic mass is 9.90. The van der Waals surface area contributed by atoms with E-state index in [4.69, 9.17) is 14.2 Å². The Balaban J connectivity index is 1.32. The Labute approximate surface area is 199 Å². The van der Waals surface area contributed by atoms with Crippen LogP contribution in [0, 0.1) is 0 Å². The van der Waals surface area contributed by atoms with E-state index in [1.165, 1.54) is 0 Å². The molecule has 0 bridgehead atoms. The number of rotatable bonds is 7. The van der Waals surface area contributed by atoms with Gasteiger partial charge in [0.25, 0.3) is 0 Å². The number of aromatic nitrogens is 2. The fraction of sp³-hybridized carbons (Fsp3) is 0.542. The minimum atomic E-state index is 0.290. The van der Waals surface area contributed by atoms with Gasteiger partial charge in [0.1, 0.15) is 18.2 Å². The van der Waals surface area contributed by atoms with E-state index in [1.54, 1.807) is 6.07 Å². The van der Waals surface area contributed by atoms with Crippen LogP contribution in [0.3, 0.4) is 0 Å². The van der Waals surface area contributed by atoms with Crippen molar-refractivity contribution in [1.82, 2.24) is 14.9 Å². The molecule has 2 saturated heterocycles. The van der Waals surface area contributed by atoms with Crippen molar-refractivity contribution in [2.45, 2.75) is 19.3 Å². The molecule has 0 radical (unpaired) electrons. The van der Waals surface area contributed by atoms with E-state index in [9.17, 15) is 5.11 Å². The maximum absolute atomic E-state index is 9.81. The molecule has 0 amide bonds. The number of aromatic hydroxyl groups is 1. The summed E-state index contributed by atoms with van der Waals surface area (Å²) in [5, 5.41) is 14.5. The number of fused-ring (bicyclic) bond motifs is 1. The number of nitrogens with one attached hydrogen (secondary N) is 1. The fourth-order valence-electron chi connectivity index (χ4n) is 4.47. The average Bonchev–Trinajstić information content (AvgIpc) is 2.88. The third-order valence-electron chi connectivity index (χ3n) is 6.33. The molecule has 3 aliphatic rings. The van der Waals surface area contributed by atoms with Gasteiger partial charge in [-0.25, -0.2) is 0 Å². The monoisotopic (exact) mass is 468 g/mol. The Kier molecular flexibility index (Phi) is 7.37. The van der Waals surface area contributed by atoms with Crippen molar-refractivity contribution in [3.05, 3.63) is 35.4 Å². The topological polar surface area (TPSA) is 105 Å². The highest BCUT2D eigenvalue weighted by Gasteiger charge is 2.18. The number of hydrazone groups is 1. The van der Waals surface area contributed by atoms with Gasteiger partial charge in [0, 0.05) is 44.4 Å². The summed E-state index contributed by atoms with van der Waals surface area (Å²) < 4.78 is 16.9. The molecule has 0 saturated carbocycles. The van der Waals surface area contributed by atoms with Gasteiger partial charge in [-0.05, 0) is 43.0 Å². The number of phenols is 1. The summed E-state index contributed by atoms with van der Waals surface area (Å²) in [4.78, 5) is 13.7. The van der Waals surface area contributed by atoms with Gasteiger partial charge in [-0.3, -0.25) is 10.3 Å². The lowest BCUT2D eigenvalue weighted by molar-refractivity contribution is 0.0317. The predicted octanol–water partition coefficient (Wildman–Crippen LogP) is 1.88. The number of aryl methyl sites for hydroxylation is 1. The van der Waals surface area contributed by atoms with Gasteiger partial charge >= 0.3 is 6.01 Å². The maximum atomic E-state index is 9.81. The van der Waals surface area contributed by atoms with Gasteiger partial charge in [0.2, 0.25) is 0 Å². The first kappa shape index (κ1) is 22.8. The number of hydrogen-bond acceptors (Lipinski definition) is 10. The molecule has 34 heavy (non-hydrogen) atoms. The molecule has 182 valence electrons. The molecule has 2 N–H and O–H groups in total. The number of ether oxygens (including phenoxy) is 3. The largest absolute Gasteiger partial charge is 0.508 e. The van der Waals surface area contributed by atoms with Crippen molar-refractivity contribution in [3.63, 3.8) is 0 Å². The van der Waals surface area contributed by atoms with Gasteiger partial charge < -0.3 is 24.2 Å². The molecule has 3 heterocycles. The van der Waals surface area contributed by atoms with Crippen LogP contribution in [0.15, 0.2) is 29.4 Å². The normalized spacial score (nSPS) is 20.2. The summed E-state index contributed by atoms with van der Waals surface area (Å²) >= 11 is 0. The zero-order valence-electron chi connectivity index (χ0n) is 19.4. The summed E-state index contributed by atoms with van der Waals surface area (Å²) in [6.45, 7) is 7.58. The maximum Gasteiger partial charge on any atom is 0.320 e. The van der Waals surface area contributed by atoms with E-state index in [2.05, 4.69) is 30.3 Å². The second-order valence-corrected chi connectivity index (χ2v) is 8.66. The Morgan fingerprint density at radius 2 is 1.79 bits per heavy atom. The molecule has 0 atom stereocenters. The minimum absolute atomic E-state index is 0.290. The van der Waals surface area contributed by atoms with Crippen LogP contribution >= 0.6 is 0 Å². The van der Waals surface area contributed by atoms with Crippen LogP contribution < -0.4 is 15.1 Å². The van der Waals surface area contributed by atoms with Gasteiger partial charge in [0.15, 0.2) is 5.82 Å². The molecule has 1 aromatic heterocycles. The summed E-state index contributed by atoms with van der Waals surface area (Å²) in [5.74, 6) is 1.69. The lowest BCUT2D eigenvalue weighted by Crippen LogP contribution is -2.39. The molecular formula is C24H32N6O4. The number of benzene rings is 1. The minimum Gasteiger partial charge on any atom is -0.508 e. The molecule has 2 aromatic rings. The van der Waals surface area contributed by atoms with E-state index >= 15 is 0 Å². The third-order valence-corrected chi connectivity index (χ3v) is 6.33. The number of phenolic OH excluding ortho intramolecular Hbond substituents is 1. The van der Waals surface area contributed by atoms with Crippen LogP contribution in [0.4, 0.5) is 11.6 Å². The van der Waals surface area contributed by atoms with E-state index in [1.807, 2.05) is 18.2 Å². The predicted molar refractivity (Wildman–Crippen MR) is 129 cm³/mol. The van der Waals surface area contributed by atoms with Crippen LogP contribution in [0.25, 0.3) is 0 Å². The smallest absolute Gasteiger partial charge is 0.320 e. The van der Waals surface area contributed by atoms with Crippen LogP contribution in [0.1, 0.15) is 24.0 Å². The van der Waals surface area contributed by atoms with Crippen molar-refractivity contribution in [1.29, 1.82) is 0 Å². The standard InChI is InChI=1S/C24H32N6O4/c31-19-4-5-20-18(16-19)2-1-3-21(20)27-28-22-17-23(30-9-13-33-14-10-30)26-24(25-22)34-15-8-29-6-11-32-12-7-29/h4-5,16-17,31H,1-3,6-15H2,(H,25,26,28)/b27-21-. The Morgan fingerprint density at radius 3 is 2.62 bits per heavy atom. The zero-order valence-corrected chi connectivity index (χ0v) is 19.4. The molecular weight excluding hydrogens is 436 g/mol.